The van der Waals surface area contributed by atoms with Crippen LogP contribution in [0.25, 0.3) is 0 Å². The maximum absolute atomic E-state index is 12.5. The molecule has 2 aliphatic heterocycles. The summed E-state index contributed by atoms with van der Waals surface area (Å²) < 4.78 is 5.83. The van der Waals surface area contributed by atoms with Gasteiger partial charge < -0.3 is 14.6 Å². The van der Waals surface area contributed by atoms with E-state index in [2.05, 4.69) is 17.1 Å². The third-order valence-corrected chi connectivity index (χ3v) is 4.74. The number of amides is 2. The topological polar surface area (TPSA) is 65.8 Å². The highest BCUT2D eigenvalue weighted by molar-refractivity contribution is 5.94. The van der Waals surface area contributed by atoms with Crippen LogP contribution in [0.15, 0.2) is 16.5 Å². The quantitative estimate of drug-likeness (QED) is 0.922. The number of hydrogen-bond donors (Lipinski definition) is 1. The number of piperidine rings is 1. The normalized spacial score (nSPS) is 21.6. The van der Waals surface area contributed by atoms with Gasteiger partial charge in [0.1, 0.15) is 5.76 Å². The summed E-state index contributed by atoms with van der Waals surface area (Å²) in [5, 5.41) is 2.78. The summed E-state index contributed by atoms with van der Waals surface area (Å²) >= 11 is 0. The third kappa shape index (κ3) is 3.75. The van der Waals surface area contributed by atoms with E-state index in [9.17, 15) is 9.59 Å². The van der Waals surface area contributed by atoms with E-state index in [-0.39, 0.29) is 24.4 Å². The molecule has 6 nitrogen and oxygen atoms in total. The molecular weight excluding hydrogens is 294 g/mol. The number of nitrogens with zero attached hydrogens (tertiary/aromatic N) is 2. The highest BCUT2D eigenvalue weighted by Gasteiger charge is 2.26. The summed E-state index contributed by atoms with van der Waals surface area (Å²) in [5.74, 6) is 0.858. The van der Waals surface area contributed by atoms with Crippen molar-refractivity contribution >= 4 is 11.8 Å². The van der Waals surface area contributed by atoms with Crippen LogP contribution < -0.4 is 5.32 Å². The number of nitrogens with one attached hydrogen (secondary N) is 1. The molecule has 2 amide bonds. The fourth-order valence-corrected chi connectivity index (χ4v) is 3.31. The van der Waals surface area contributed by atoms with Gasteiger partial charge in [-0.25, -0.2) is 0 Å². The van der Waals surface area contributed by atoms with Crippen LogP contribution in [0.2, 0.25) is 0 Å². The largest absolute Gasteiger partial charge is 0.454 e. The molecular formula is C17H25N3O3. The van der Waals surface area contributed by atoms with E-state index in [1.165, 1.54) is 19.3 Å². The number of furan rings is 1. The van der Waals surface area contributed by atoms with E-state index >= 15 is 0 Å². The van der Waals surface area contributed by atoms with Crippen molar-refractivity contribution in [3.8, 4) is 0 Å². The van der Waals surface area contributed by atoms with Gasteiger partial charge in [0.05, 0.1) is 12.6 Å². The van der Waals surface area contributed by atoms with Gasteiger partial charge in [-0.3, -0.25) is 14.5 Å². The van der Waals surface area contributed by atoms with Gasteiger partial charge in [-0.1, -0.05) is 6.42 Å². The van der Waals surface area contributed by atoms with E-state index in [1.807, 2.05) is 6.07 Å². The van der Waals surface area contributed by atoms with Gasteiger partial charge in [0, 0.05) is 13.1 Å². The second-order valence-corrected chi connectivity index (χ2v) is 6.40. The Kier molecular flexibility index (Phi) is 5.00. The average Bonchev–Trinajstić information content (AvgIpc) is 2.97. The summed E-state index contributed by atoms with van der Waals surface area (Å²) in [4.78, 5) is 28.1. The van der Waals surface area contributed by atoms with Crippen molar-refractivity contribution in [1.29, 1.82) is 0 Å². The summed E-state index contributed by atoms with van der Waals surface area (Å²) in [5.41, 5.74) is 0. The van der Waals surface area contributed by atoms with Crippen LogP contribution >= 0.6 is 0 Å². The molecule has 23 heavy (non-hydrogen) atoms. The van der Waals surface area contributed by atoms with Gasteiger partial charge in [-0.2, -0.15) is 0 Å². The minimum Gasteiger partial charge on any atom is -0.454 e. The smallest absolute Gasteiger partial charge is 0.290 e. The molecule has 2 saturated heterocycles. The van der Waals surface area contributed by atoms with Gasteiger partial charge in [0.15, 0.2) is 5.76 Å². The summed E-state index contributed by atoms with van der Waals surface area (Å²) in [6.07, 6.45) is 4.51. The molecule has 3 rings (SSSR count). The lowest BCUT2D eigenvalue weighted by Crippen LogP contribution is -2.37. The summed E-state index contributed by atoms with van der Waals surface area (Å²) in [7, 11) is 0. The van der Waals surface area contributed by atoms with E-state index < -0.39 is 0 Å². The van der Waals surface area contributed by atoms with E-state index in [1.54, 1.807) is 11.0 Å². The van der Waals surface area contributed by atoms with Crippen molar-refractivity contribution in [3.05, 3.63) is 23.7 Å². The zero-order valence-corrected chi connectivity index (χ0v) is 13.7. The van der Waals surface area contributed by atoms with Crippen LogP contribution in [-0.4, -0.2) is 54.3 Å². The molecule has 1 N–H and O–H groups in total. The van der Waals surface area contributed by atoms with Gasteiger partial charge in [0.25, 0.3) is 5.91 Å². The summed E-state index contributed by atoms with van der Waals surface area (Å²) in [6.45, 7) is 5.59. The lowest BCUT2D eigenvalue weighted by atomic mass is 10.1. The average molecular weight is 319 g/mol. The first kappa shape index (κ1) is 16.1. The number of hydrogen-bond acceptors (Lipinski definition) is 4. The molecule has 2 aliphatic rings. The van der Waals surface area contributed by atoms with E-state index in [0.29, 0.717) is 18.8 Å². The van der Waals surface area contributed by atoms with Gasteiger partial charge >= 0.3 is 0 Å². The van der Waals surface area contributed by atoms with Gasteiger partial charge in [-0.05, 0) is 51.4 Å². The highest BCUT2D eigenvalue weighted by Crippen LogP contribution is 2.26. The van der Waals surface area contributed by atoms with Crippen LogP contribution in [0, 0.1) is 0 Å². The number of carbonyl (C=O) groups is 2. The molecule has 1 aromatic rings. The standard InChI is InChI=1S/C17H25N3O3/c1-13(19-9-3-2-4-10-19)14-6-7-15(23-14)17(22)20-11-5-8-18-16(21)12-20/h6-7,13H,2-5,8-12H2,1H3,(H,18,21)/t13-/m0/s1. The van der Waals surface area contributed by atoms with E-state index in [4.69, 9.17) is 4.42 Å². The lowest BCUT2D eigenvalue weighted by molar-refractivity contribution is -0.121. The zero-order valence-electron chi connectivity index (χ0n) is 13.7. The Labute approximate surface area is 136 Å². The Morgan fingerprint density at radius 1 is 1.17 bits per heavy atom. The van der Waals surface area contributed by atoms with Crippen molar-refractivity contribution in [2.24, 2.45) is 0 Å². The summed E-state index contributed by atoms with van der Waals surface area (Å²) in [6, 6.07) is 3.81. The van der Waals surface area contributed by atoms with Crippen molar-refractivity contribution in [3.63, 3.8) is 0 Å². The molecule has 3 heterocycles. The van der Waals surface area contributed by atoms with Gasteiger partial charge in [0.2, 0.25) is 5.91 Å². The molecule has 6 heteroatoms. The molecule has 0 aliphatic carbocycles. The Morgan fingerprint density at radius 2 is 1.96 bits per heavy atom. The molecule has 0 saturated carbocycles. The van der Waals surface area contributed by atoms with Crippen molar-refractivity contribution in [2.75, 3.05) is 32.7 Å². The number of likely N-dealkylation sites (tertiary alicyclic amines) is 1. The molecule has 126 valence electrons. The Bertz CT molecular complexity index is 563. The molecule has 0 radical (unpaired) electrons. The first-order chi connectivity index (χ1) is 11.1. The van der Waals surface area contributed by atoms with Crippen LogP contribution in [0.4, 0.5) is 0 Å². The molecule has 0 spiro atoms. The highest BCUT2D eigenvalue weighted by atomic mass is 16.4. The monoisotopic (exact) mass is 319 g/mol. The van der Waals surface area contributed by atoms with Crippen molar-refractivity contribution in [2.45, 2.75) is 38.6 Å². The SMILES string of the molecule is C[C@@H](c1ccc(C(=O)N2CCCNC(=O)C2)o1)N1CCCCC1. The van der Waals surface area contributed by atoms with Crippen LogP contribution in [0.3, 0.4) is 0 Å². The Morgan fingerprint density at radius 3 is 2.74 bits per heavy atom. The molecule has 2 fully saturated rings. The second-order valence-electron chi connectivity index (χ2n) is 6.40. The fraction of sp³-hybridized carbons (Fsp3) is 0.647. The number of rotatable bonds is 3. The van der Waals surface area contributed by atoms with Crippen molar-refractivity contribution in [1.82, 2.24) is 15.1 Å². The maximum atomic E-state index is 12.5. The van der Waals surface area contributed by atoms with Crippen LogP contribution in [-0.2, 0) is 4.79 Å². The van der Waals surface area contributed by atoms with E-state index in [0.717, 1.165) is 25.3 Å². The fourth-order valence-electron chi connectivity index (χ4n) is 3.31. The van der Waals surface area contributed by atoms with Crippen molar-refractivity contribution < 1.29 is 14.0 Å². The third-order valence-electron chi connectivity index (χ3n) is 4.74. The molecule has 0 unspecified atom stereocenters. The lowest BCUT2D eigenvalue weighted by Gasteiger charge is -2.31. The van der Waals surface area contributed by atoms with Crippen LogP contribution in [0.1, 0.15) is 55.0 Å². The van der Waals surface area contributed by atoms with Gasteiger partial charge in [-0.15, -0.1) is 0 Å². The first-order valence-electron chi connectivity index (χ1n) is 8.55. The minimum atomic E-state index is -0.195. The Balaban J connectivity index is 1.67. The maximum Gasteiger partial charge on any atom is 0.290 e. The minimum absolute atomic E-state index is 0.107. The second kappa shape index (κ2) is 7.17. The molecule has 0 bridgehead atoms. The predicted octanol–water partition coefficient (Wildman–Crippen LogP) is 1.79. The molecule has 0 aromatic carbocycles. The number of carbonyl (C=O) groups excluding carboxylic acids is 2. The Hall–Kier alpha value is -1.82. The first-order valence-corrected chi connectivity index (χ1v) is 8.55. The molecule has 1 aromatic heterocycles. The molecule has 1 atom stereocenters. The van der Waals surface area contributed by atoms with Crippen LogP contribution in [0.5, 0.6) is 0 Å². The predicted molar refractivity (Wildman–Crippen MR) is 86.1 cm³/mol. The zero-order chi connectivity index (χ0) is 16.2.